The van der Waals surface area contributed by atoms with Crippen molar-refractivity contribution in [1.29, 1.82) is 0 Å². The third-order valence-electron chi connectivity index (χ3n) is 5.10. The first-order valence-corrected chi connectivity index (χ1v) is 9.11. The van der Waals surface area contributed by atoms with Gasteiger partial charge >= 0.3 is 6.03 Å². The average molecular weight is 374 g/mol. The molecule has 1 aromatic carbocycles. The number of benzene rings is 1. The van der Waals surface area contributed by atoms with E-state index in [4.69, 9.17) is 9.47 Å². The number of hydrogen-bond donors (Lipinski definition) is 2. The lowest BCUT2D eigenvalue weighted by atomic mass is 9.96. The second-order valence-corrected chi connectivity index (χ2v) is 6.89. The van der Waals surface area contributed by atoms with Crippen LogP contribution in [0.2, 0.25) is 0 Å². The lowest BCUT2D eigenvalue weighted by Crippen LogP contribution is -2.54. The molecule has 0 aromatic heterocycles. The summed E-state index contributed by atoms with van der Waals surface area (Å²) < 4.78 is 10.6. The van der Waals surface area contributed by atoms with Gasteiger partial charge in [0.1, 0.15) is 0 Å². The fourth-order valence-electron chi connectivity index (χ4n) is 3.52. The van der Waals surface area contributed by atoms with Crippen molar-refractivity contribution in [2.45, 2.75) is 19.3 Å². The first kappa shape index (κ1) is 17.6. The van der Waals surface area contributed by atoms with Gasteiger partial charge < -0.3 is 20.1 Å². The van der Waals surface area contributed by atoms with E-state index in [-0.39, 0.29) is 37.2 Å². The van der Waals surface area contributed by atoms with Crippen molar-refractivity contribution in [1.82, 2.24) is 15.1 Å². The Kier molecular flexibility index (Phi) is 4.85. The minimum atomic E-state index is -0.339. The molecular formula is C18H22N4O5. The zero-order valence-electron chi connectivity index (χ0n) is 14.9. The largest absolute Gasteiger partial charge is 0.454 e. The van der Waals surface area contributed by atoms with Crippen LogP contribution < -0.4 is 20.1 Å². The van der Waals surface area contributed by atoms with Crippen LogP contribution in [0.25, 0.3) is 0 Å². The van der Waals surface area contributed by atoms with Crippen LogP contribution in [0.3, 0.4) is 0 Å². The molecule has 1 aromatic rings. The molecule has 2 saturated heterocycles. The Bertz CT molecular complexity index is 744. The number of nitrogens with one attached hydrogen (secondary N) is 2. The highest BCUT2D eigenvalue weighted by Gasteiger charge is 2.31. The number of urea groups is 1. The Morgan fingerprint density at radius 2 is 1.96 bits per heavy atom. The molecule has 0 radical (unpaired) electrons. The normalized spacial score (nSPS) is 20.5. The van der Waals surface area contributed by atoms with Crippen molar-refractivity contribution >= 4 is 23.5 Å². The Balaban J connectivity index is 1.28. The molecule has 144 valence electrons. The number of rotatable bonds is 4. The fraction of sp³-hybridized carbons (Fsp3) is 0.500. The smallest absolute Gasteiger partial charge is 0.325 e. The van der Waals surface area contributed by atoms with Crippen molar-refractivity contribution in [2.24, 2.45) is 5.92 Å². The van der Waals surface area contributed by atoms with Gasteiger partial charge in [-0.15, -0.1) is 0 Å². The zero-order chi connectivity index (χ0) is 18.8. The Morgan fingerprint density at radius 3 is 2.74 bits per heavy atom. The Hall–Kier alpha value is -2.81. The summed E-state index contributed by atoms with van der Waals surface area (Å²) in [6.45, 7) is 2.20. The van der Waals surface area contributed by atoms with Gasteiger partial charge in [-0.1, -0.05) is 0 Å². The van der Waals surface area contributed by atoms with E-state index in [2.05, 4.69) is 10.6 Å². The summed E-state index contributed by atoms with van der Waals surface area (Å²) in [6.07, 6.45) is 1.69. The molecule has 4 amide bonds. The van der Waals surface area contributed by atoms with Gasteiger partial charge in [-0.2, -0.15) is 0 Å². The molecule has 3 heterocycles. The zero-order valence-corrected chi connectivity index (χ0v) is 14.9. The molecule has 9 nitrogen and oxygen atoms in total. The molecule has 4 rings (SSSR count). The number of nitrogens with zero attached hydrogens (tertiary/aromatic N) is 2. The minimum absolute atomic E-state index is 0.0275. The van der Waals surface area contributed by atoms with Crippen LogP contribution in [0.4, 0.5) is 10.5 Å². The van der Waals surface area contributed by atoms with Gasteiger partial charge in [-0.25, -0.2) is 4.79 Å². The van der Waals surface area contributed by atoms with Crippen LogP contribution in [0.5, 0.6) is 11.5 Å². The van der Waals surface area contributed by atoms with E-state index in [1.807, 2.05) is 4.90 Å². The van der Waals surface area contributed by atoms with E-state index < -0.39 is 0 Å². The third-order valence-corrected chi connectivity index (χ3v) is 5.10. The van der Waals surface area contributed by atoms with Gasteiger partial charge in [0.25, 0.3) is 0 Å². The topological polar surface area (TPSA) is 100 Å². The molecule has 27 heavy (non-hydrogen) atoms. The van der Waals surface area contributed by atoms with E-state index in [0.29, 0.717) is 56.1 Å². The van der Waals surface area contributed by atoms with E-state index in [0.717, 1.165) is 0 Å². The average Bonchev–Trinajstić information content (AvgIpc) is 3.13. The highest BCUT2D eigenvalue weighted by molar-refractivity contribution is 5.96. The molecule has 0 spiro atoms. The fourth-order valence-corrected chi connectivity index (χ4v) is 3.52. The molecule has 9 heteroatoms. The predicted octanol–water partition coefficient (Wildman–Crippen LogP) is 0.965. The minimum Gasteiger partial charge on any atom is -0.454 e. The lowest BCUT2D eigenvalue weighted by Gasteiger charge is -2.35. The molecule has 0 bridgehead atoms. The maximum Gasteiger partial charge on any atom is 0.325 e. The molecule has 2 N–H and O–H groups in total. The van der Waals surface area contributed by atoms with Crippen LogP contribution in [0.15, 0.2) is 18.2 Å². The van der Waals surface area contributed by atoms with Gasteiger partial charge in [-0.05, 0) is 25.0 Å². The van der Waals surface area contributed by atoms with E-state index in [9.17, 15) is 14.4 Å². The van der Waals surface area contributed by atoms with Crippen LogP contribution in [0.1, 0.15) is 19.3 Å². The number of ether oxygens (including phenoxy) is 2. The van der Waals surface area contributed by atoms with Crippen molar-refractivity contribution in [3.63, 3.8) is 0 Å². The number of imide groups is 1. The maximum atomic E-state index is 12.5. The Labute approximate surface area is 156 Å². The van der Waals surface area contributed by atoms with Gasteiger partial charge in [-0.3, -0.25) is 19.4 Å². The summed E-state index contributed by atoms with van der Waals surface area (Å²) in [7, 11) is 0. The first-order chi connectivity index (χ1) is 13.1. The SMILES string of the molecule is O=C(Nc1ccc2c(c1)OCO2)C1CCN(CN2C(=O)CCNC2=O)CC1. The molecule has 0 atom stereocenters. The van der Waals surface area contributed by atoms with Gasteiger partial charge in [0.15, 0.2) is 11.5 Å². The number of amides is 4. The second kappa shape index (κ2) is 7.43. The van der Waals surface area contributed by atoms with Crippen molar-refractivity contribution in [3.8, 4) is 11.5 Å². The summed E-state index contributed by atoms with van der Waals surface area (Å²) >= 11 is 0. The summed E-state index contributed by atoms with van der Waals surface area (Å²) in [5.74, 6) is 1.03. The highest BCUT2D eigenvalue weighted by Crippen LogP contribution is 2.34. The van der Waals surface area contributed by atoms with Gasteiger partial charge in [0, 0.05) is 43.7 Å². The molecule has 3 aliphatic rings. The number of piperidine rings is 1. The van der Waals surface area contributed by atoms with Crippen molar-refractivity contribution in [3.05, 3.63) is 18.2 Å². The number of fused-ring (bicyclic) bond motifs is 1. The molecular weight excluding hydrogens is 352 g/mol. The summed E-state index contributed by atoms with van der Waals surface area (Å²) in [6, 6.07) is 4.99. The van der Waals surface area contributed by atoms with Crippen molar-refractivity contribution < 1.29 is 23.9 Å². The standard InChI is InChI=1S/C18H22N4O5/c23-16-3-6-19-18(25)22(16)10-21-7-4-12(5-8-21)17(24)20-13-1-2-14-15(9-13)27-11-26-14/h1-2,9,12H,3-8,10-11H2,(H,19,25)(H,20,24). The van der Waals surface area contributed by atoms with Crippen LogP contribution in [-0.4, -0.2) is 60.7 Å². The second-order valence-electron chi connectivity index (χ2n) is 6.89. The number of likely N-dealkylation sites (tertiary alicyclic amines) is 1. The molecule has 3 aliphatic heterocycles. The van der Waals surface area contributed by atoms with Crippen LogP contribution in [-0.2, 0) is 9.59 Å². The van der Waals surface area contributed by atoms with Crippen molar-refractivity contribution in [2.75, 3.05) is 38.4 Å². The number of carbonyl (C=O) groups excluding carboxylic acids is 3. The highest BCUT2D eigenvalue weighted by atomic mass is 16.7. The van der Waals surface area contributed by atoms with E-state index in [1.54, 1.807) is 18.2 Å². The number of anilines is 1. The first-order valence-electron chi connectivity index (χ1n) is 9.11. The van der Waals surface area contributed by atoms with Crippen LogP contribution >= 0.6 is 0 Å². The predicted molar refractivity (Wildman–Crippen MR) is 95.2 cm³/mol. The van der Waals surface area contributed by atoms with E-state index >= 15 is 0 Å². The monoisotopic (exact) mass is 374 g/mol. The third kappa shape index (κ3) is 3.82. The molecule has 0 unspecified atom stereocenters. The lowest BCUT2D eigenvalue weighted by molar-refractivity contribution is -0.132. The summed E-state index contributed by atoms with van der Waals surface area (Å²) in [5, 5.41) is 5.61. The quantitative estimate of drug-likeness (QED) is 0.814. The maximum absolute atomic E-state index is 12.5. The van der Waals surface area contributed by atoms with Gasteiger partial charge in [0.05, 0.1) is 6.67 Å². The van der Waals surface area contributed by atoms with E-state index in [1.165, 1.54) is 4.90 Å². The molecule has 2 fully saturated rings. The molecule has 0 saturated carbocycles. The Morgan fingerprint density at radius 1 is 1.19 bits per heavy atom. The summed E-state index contributed by atoms with van der Waals surface area (Å²) in [4.78, 5) is 39.5. The number of carbonyl (C=O) groups is 3. The number of hydrogen-bond acceptors (Lipinski definition) is 6. The van der Waals surface area contributed by atoms with Gasteiger partial charge in [0.2, 0.25) is 18.6 Å². The van der Waals surface area contributed by atoms with Crippen LogP contribution in [0, 0.1) is 5.92 Å². The molecule has 0 aliphatic carbocycles. The summed E-state index contributed by atoms with van der Waals surface area (Å²) in [5.41, 5.74) is 0.683.